The highest BCUT2D eigenvalue weighted by Crippen LogP contribution is 2.33. The molecule has 0 spiro atoms. The first-order chi connectivity index (χ1) is 9.45. The summed E-state index contributed by atoms with van der Waals surface area (Å²) < 4.78 is 19.2. The Balaban J connectivity index is 1.89. The highest BCUT2D eigenvalue weighted by molar-refractivity contribution is 5.94. The number of aliphatic hydroxyl groups is 1. The highest BCUT2D eigenvalue weighted by Gasteiger charge is 2.43. The van der Waals surface area contributed by atoms with Crippen LogP contribution in [0.15, 0.2) is 18.2 Å². The van der Waals surface area contributed by atoms with Gasteiger partial charge in [0.15, 0.2) is 0 Å². The number of benzene rings is 1. The fourth-order valence-electron chi connectivity index (χ4n) is 2.45. The van der Waals surface area contributed by atoms with E-state index in [1.807, 2.05) is 6.92 Å². The number of nitrogens with one attached hydrogen (secondary N) is 1. The number of halogens is 1. The van der Waals surface area contributed by atoms with Crippen LogP contribution in [0.4, 0.5) is 4.39 Å². The minimum atomic E-state index is -0.935. The van der Waals surface area contributed by atoms with E-state index in [1.165, 1.54) is 6.07 Å². The zero-order valence-electron chi connectivity index (χ0n) is 11.8. The molecule has 1 aliphatic rings. The SMILES string of the molecule is CCOC1CC(O)(CNC(=O)c2cccc(C)c2F)C1. The first kappa shape index (κ1) is 14.9. The molecule has 4 nitrogen and oxygen atoms in total. The fourth-order valence-corrected chi connectivity index (χ4v) is 2.45. The Kier molecular flexibility index (Phi) is 4.40. The van der Waals surface area contributed by atoms with Crippen molar-refractivity contribution >= 4 is 5.91 Å². The normalized spacial score (nSPS) is 25.1. The van der Waals surface area contributed by atoms with Gasteiger partial charge in [0.05, 0.1) is 17.3 Å². The summed E-state index contributed by atoms with van der Waals surface area (Å²) in [5, 5.41) is 12.7. The van der Waals surface area contributed by atoms with Gasteiger partial charge in [0.25, 0.3) is 5.91 Å². The molecule has 0 unspecified atom stereocenters. The minimum Gasteiger partial charge on any atom is -0.388 e. The van der Waals surface area contributed by atoms with Gasteiger partial charge in [-0.25, -0.2) is 4.39 Å². The van der Waals surface area contributed by atoms with Crippen LogP contribution >= 0.6 is 0 Å². The summed E-state index contributed by atoms with van der Waals surface area (Å²) in [5.74, 6) is -1.02. The summed E-state index contributed by atoms with van der Waals surface area (Å²) in [6.45, 7) is 4.24. The average molecular weight is 281 g/mol. The second-order valence-electron chi connectivity index (χ2n) is 5.33. The van der Waals surface area contributed by atoms with Crippen molar-refractivity contribution in [2.45, 2.75) is 38.4 Å². The molecule has 1 aliphatic carbocycles. The lowest BCUT2D eigenvalue weighted by molar-refractivity contribution is -0.133. The molecular formula is C15H20FNO3. The highest BCUT2D eigenvalue weighted by atomic mass is 19.1. The lowest BCUT2D eigenvalue weighted by atomic mass is 9.77. The van der Waals surface area contributed by atoms with E-state index in [9.17, 15) is 14.3 Å². The Labute approximate surface area is 117 Å². The van der Waals surface area contributed by atoms with Crippen LogP contribution in [0.25, 0.3) is 0 Å². The van der Waals surface area contributed by atoms with Crippen molar-refractivity contribution in [2.75, 3.05) is 13.2 Å². The molecule has 1 saturated carbocycles. The fraction of sp³-hybridized carbons (Fsp3) is 0.533. The summed E-state index contributed by atoms with van der Waals surface area (Å²) in [7, 11) is 0. The molecule has 5 heteroatoms. The molecule has 1 aromatic rings. The van der Waals surface area contributed by atoms with Gasteiger partial charge < -0.3 is 15.2 Å². The van der Waals surface area contributed by atoms with Crippen molar-refractivity contribution < 1.29 is 19.0 Å². The predicted molar refractivity (Wildman–Crippen MR) is 73.1 cm³/mol. The standard InChI is InChI=1S/C15H20FNO3/c1-3-20-11-7-15(19,8-11)9-17-14(18)12-6-4-5-10(2)13(12)16/h4-6,11,19H,3,7-9H2,1-2H3,(H,17,18). The monoisotopic (exact) mass is 281 g/mol. The number of hydrogen-bond donors (Lipinski definition) is 2. The number of rotatable bonds is 5. The van der Waals surface area contributed by atoms with E-state index in [4.69, 9.17) is 4.74 Å². The lowest BCUT2D eigenvalue weighted by Crippen LogP contribution is -2.55. The van der Waals surface area contributed by atoms with Gasteiger partial charge in [-0.05, 0) is 25.5 Å². The molecule has 0 heterocycles. The third-order valence-corrected chi connectivity index (χ3v) is 3.63. The summed E-state index contributed by atoms with van der Waals surface area (Å²) in [4.78, 5) is 11.9. The van der Waals surface area contributed by atoms with Crippen molar-refractivity contribution in [3.05, 3.63) is 35.1 Å². The van der Waals surface area contributed by atoms with E-state index in [1.54, 1.807) is 19.1 Å². The summed E-state index contributed by atoms with van der Waals surface area (Å²) in [6, 6.07) is 4.68. The molecule has 0 aliphatic heterocycles. The smallest absolute Gasteiger partial charge is 0.254 e. The van der Waals surface area contributed by atoms with Crippen molar-refractivity contribution in [3.8, 4) is 0 Å². The Bertz CT molecular complexity index is 498. The molecule has 1 amide bonds. The van der Waals surface area contributed by atoms with Crippen molar-refractivity contribution in [1.82, 2.24) is 5.32 Å². The number of carbonyl (C=O) groups is 1. The van der Waals surface area contributed by atoms with Crippen molar-refractivity contribution in [2.24, 2.45) is 0 Å². The van der Waals surface area contributed by atoms with Crippen LogP contribution in [0.2, 0.25) is 0 Å². The molecule has 2 rings (SSSR count). The van der Waals surface area contributed by atoms with Crippen LogP contribution in [-0.4, -0.2) is 35.9 Å². The molecule has 0 bridgehead atoms. The molecule has 1 aromatic carbocycles. The third-order valence-electron chi connectivity index (χ3n) is 3.63. The second kappa shape index (κ2) is 5.89. The van der Waals surface area contributed by atoms with Crippen LogP contribution in [0.1, 0.15) is 35.7 Å². The molecule has 0 radical (unpaired) electrons. The van der Waals surface area contributed by atoms with E-state index < -0.39 is 17.3 Å². The van der Waals surface area contributed by atoms with Gasteiger partial charge >= 0.3 is 0 Å². The Morgan fingerprint density at radius 2 is 2.25 bits per heavy atom. The molecule has 0 saturated heterocycles. The van der Waals surface area contributed by atoms with Crippen LogP contribution in [0, 0.1) is 12.7 Å². The summed E-state index contributed by atoms with van der Waals surface area (Å²) in [5.41, 5.74) is -0.499. The number of carbonyl (C=O) groups excluding carboxylic acids is 1. The van der Waals surface area contributed by atoms with Gasteiger partial charge in [0, 0.05) is 26.0 Å². The van der Waals surface area contributed by atoms with E-state index in [0.29, 0.717) is 25.0 Å². The van der Waals surface area contributed by atoms with Crippen LogP contribution in [0.3, 0.4) is 0 Å². The van der Waals surface area contributed by atoms with Gasteiger partial charge in [-0.3, -0.25) is 4.79 Å². The number of aryl methyl sites for hydroxylation is 1. The van der Waals surface area contributed by atoms with E-state index in [2.05, 4.69) is 5.32 Å². The summed E-state index contributed by atoms with van der Waals surface area (Å²) in [6.07, 6.45) is 1.05. The predicted octanol–water partition coefficient (Wildman–Crippen LogP) is 1.79. The molecule has 0 atom stereocenters. The Morgan fingerprint density at radius 1 is 1.55 bits per heavy atom. The van der Waals surface area contributed by atoms with Gasteiger partial charge in [0.1, 0.15) is 5.82 Å². The van der Waals surface area contributed by atoms with E-state index >= 15 is 0 Å². The van der Waals surface area contributed by atoms with E-state index in [0.717, 1.165) is 0 Å². The topological polar surface area (TPSA) is 58.6 Å². The van der Waals surface area contributed by atoms with Crippen molar-refractivity contribution in [1.29, 1.82) is 0 Å². The minimum absolute atomic E-state index is 0.00859. The van der Waals surface area contributed by atoms with Gasteiger partial charge in [0.2, 0.25) is 0 Å². The lowest BCUT2D eigenvalue weighted by Gasteiger charge is -2.43. The third kappa shape index (κ3) is 3.16. The molecular weight excluding hydrogens is 261 g/mol. The molecule has 1 fully saturated rings. The first-order valence-electron chi connectivity index (χ1n) is 6.82. The van der Waals surface area contributed by atoms with Crippen LogP contribution < -0.4 is 5.32 Å². The number of ether oxygens (including phenoxy) is 1. The van der Waals surface area contributed by atoms with Gasteiger partial charge in [-0.15, -0.1) is 0 Å². The zero-order valence-corrected chi connectivity index (χ0v) is 11.8. The maximum Gasteiger partial charge on any atom is 0.254 e. The van der Waals surface area contributed by atoms with Gasteiger partial charge in [-0.2, -0.15) is 0 Å². The average Bonchev–Trinajstić information content (AvgIpc) is 2.38. The molecule has 20 heavy (non-hydrogen) atoms. The Hall–Kier alpha value is -1.46. The Morgan fingerprint density at radius 3 is 2.90 bits per heavy atom. The molecule has 0 aromatic heterocycles. The van der Waals surface area contributed by atoms with Gasteiger partial charge in [-0.1, -0.05) is 12.1 Å². The van der Waals surface area contributed by atoms with Crippen molar-refractivity contribution in [3.63, 3.8) is 0 Å². The second-order valence-corrected chi connectivity index (χ2v) is 5.33. The zero-order chi connectivity index (χ0) is 14.8. The molecule has 2 N–H and O–H groups in total. The molecule has 110 valence electrons. The largest absolute Gasteiger partial charge is 0.388 e. The summed E-state index contributed by atoms with van der Waals surface area (Å²) >= 11 is 0. The van der Waals surface area contributed by atoms with E-state index in [-0.39, 0.29) is 18.2 Å². The number of amides is 1. The van der Waals surface area contributed by atoms with Crippen LogP contribution in [-0.2, 0) is 4.74 Å². The number of hydrogen-bond acceptors (Lipinski definition) is 3. The maximum absolute atomic E-state index is 13.8. The quantitative estimate of drug-likeness (QED) is 0.865. The first-order valence-corrected chi connectivity index (χ1v) is 6.82. The maximum atomic E-state index is 13.8. The van der Waals surface area contributed by atoms with Crippen LogP contribution in [0.5, 0.6) is 0 Å².